The van der Waals surface area contributed by atoms with Crippen LogP contribution in [-0.2, 0) is 6.42 Å². The third kappa shape index (κ3) is 2.31. The van der Waals surface area contributed by atoms with E-state index in [2.05, 4.69) is 10.2 Å². The summed E-state index contributed by atoms with van der Waals surface area (Å²) in [5, 5.41) is 0.585. The fourth-order valence-corrected chi connectivity index (χ4v) is 1.33. The molecule has 0 atom stereocenters. The molecule has 1 aromatic rings. The zero-order chi connectivity index (χ0) is 8.27. The average Bonchev–Trinajstić information content (AvgIpc) is 1.98. The van der Waals surface area contributed by atoms with Gasteiger partial charge in [-0.05, 0) is 30.2 Å². The maximum atomic E-state index is 12.9. The van der Waals surface area contributed by atoms with E-state index >= 15 is 0 Å². The molecule has 0 spiro atoms. The summed E-state index contributed by atoms with van der Waals surface area (Å²) in [6.45, 7) is 0. The molecule has 0 N–H and O–H groups in total. The third-order valence-corrected chi connectivity index (χ3v) is 1.89. The Balaban J connectivity index is 2.93. The molecule has 0 bridgehead atoms. The minimum atomic E-state index is -0.187. The molecular formula is C8H7ClFSi. The largest absolute Gasteiger partial charge is 0.207 e. The Morgan fingerprint density at radius 3 is 2.82 bits per heavy atom. The van der Waals surface area contributed by atoms with E-state index in [9.17, 15) is 4.39 Å². The lowest BCUT2D eigenvalue weighted by Gasteiger charge is -2.00. The molecule has 1 aromatic carbocycles. The lowest BCUT2D eigenvalue weighted by atomic mass is 10.1. The van der Waals surface area contributed by atoms with Crippen molar-refractivity contribution in [1.82, 2.24) is 0 Å². The van der Waals surface area contributed by atoms with Crippen molar-refractivity contribution < 1.29 is 4.39 Å². The Hall–Kier alpha value is -0.343. The van der Waals surface area contributed by atoms with Gasteiger partial charge in [-0.3, -0.25) is 0 Å². The van der Waals surface area contributed by atoms with Crippen molar-refractivity contribution in [1.29, 1.82) is 0 Å². The zero-order valence-corrected chi connectivity index (χ0v) is 7.66. The summed E-state index contributed by atoms with van der Waals surface area (Å²) in [6, 6.07) is 5.34. The molecule has 11 heavy (non-hydrogen) atoms. The maximum absolute atomic E-state index is 12.9. The van der Waals surface area contributed by atoms with Crippen LogP contribution in [0.4, 0.5) is 4.39 Å². The van der Waals surface area contributed by atoms with Crippen LogP contribution in [0.15, 0.2) is 18.2 Å². The Kier molecular flexibility index (Phi) is 3.09. The standard InChI is InChI=1S/C8H7ClFSi/c9-7-1-2-8(10)6(5-7)3-4-11/h1-2,5H,3-4H2. The van der Waals surface area contributed by atoms with Crippen LogP contribution in [0.3, 0.4) is 0 Å². The molecule has 3 radical (unpaired) electrons. The van der Waals surface area contributed by atoms with Crippen molar-refractivity contribution in [2.75, 3.05) is 0 Å². The second kappa shape index (κ2) is 3.88. The first-order chi connectivity index (χ1) is 5.24. The molecule has 0 amide bonds. The third-order valence-electron chi connectivity index (χ3n) is 1.40. The van der Waals surface area contributed by atoms with E-state index in [1.165, 1.54) is 6.07 Å². The van der Waals surface area contributed by atoms with Crippen molar-refractivity contribution in [3.05, 3.63) is 34.6 Å². The van der Waals surface area contributed by atoms with Gasteiger partial charge in [-0.15, -0.1) is 0 Å². The van der Waals surface area contributed by atoms with Crippen molar-refractivity contribution in [3.8, 4) is 0 Å². The number of rotatable bonds is 2. The van der Waals surface area contributed by atoms with Crippen LogP contribution in [0.1, 0.15) is 5.56 Å². The van der Waals surface area contributed by atoms with Crippen LogP contribution >= 0.6 is 11.6 Å². The van der Waals surface area contributed by atoms with Gasteiger partial charge >= 0.3 is 0 Å². The zero-order valence-electron chi connectivity index (χ0n) is 5.90. The van der Waals surface area contributed by atoms with Gasteiger partial charge in [-0.25, -0.2) is 4.39 Å². The topological polar surface area (TPSA) is 0 Å². The van der Waals surface area contributed by atoms with Gasteiger partial charge in [-0.1, -0.05) is 17.6 Å². The summed E-state index contributed by atoms with van der Waals surface area (Å²) >= 11 is 5.67. The molecule has 0 aromatic heterocycles. The minimum Gasteiger partial charge on any atom is -0.207 e. The number of hydrogen-bond acceptors (Lipinski definition) is 0. The maximum Gasteiger partial charge on any atom is 0.126 e. The Labute approximate surface area is 73.8 Å². The number of hydrogen-bond donors (Lipinski definition) is 0. The molecule has 1 rings (SSSR count). The second-order valence-electron chi connectivity index (χ2n) is 2.24. The normalized spacial score (nSPS) is 10.1. The molecule has 57 valence electrons. The SMILES string of the molecule is Fc1ccc(Cl)cc1CC[Si]. The second-order valence-corrected chi connectivity index (χ2v) is 3.17. The number of benzene rings is 1. The van der Waals surface area contributed by atoms with Gasteiger partial charge < -0.3 is 0 Å². The molecule has 0 aliphatic carbocycles. The van der Waals surface area contributed by atoms with Crippen LogP contribution in [0, 0.1) is 5.82 Å². The Bertz CT molecular complexity index is 250. The smallest absolute Gasteiger partial charge is 0.126 e. The molecule has 0 fully saturated rings. The molecule has 0 unspecified atom stereocenters. The number of halogens is 2. The Morgan fingerprint density at radius 1 is 1.45 bits per heavy atom. The predicted molar refractivity (Wildman–Crippen MR) is 45.7 cm³/mol. The molecule has 0 saturated carbocycles. The molecule has 0 aliphatic heterocycles. The van der Waals surface area contributed by atoms with Crippen molar-refractivity contribution in [3.63, 3.8) is 0 Å². The van der Waals surface area contributed by atoms with Gasteiger partial charge in [0.05, 0.1) is 0 Å². The van der Waals surface area contributed by atoms with E-state index in [0.717, 1.165) is 6.04 Å². The molecule has 3 heteroatoms. The molecule has 0 heterocycles. The summed E-state index contributed by atoms with van der Waals surface area (Å²) in [4.78, 5) is 0. The molecule has 0 saturated heterocycles. The molecular weight excluding hydrogens is 179 g/mol. The highest BCUT2D eigenvalue weighted by molar-refractivity contribution is 6.30. The monoisotopic (exact) mass is 185 g/mol. The van der Waals surface area contributed by atoms with E-state index in [-0.39, 0.29) is 5.82 Å². The lowest BCUT2D eigenvalue weighted by Crippen LogP contribution is -1.89. The minimum absolute atomic E-state index is 0.187. The van der Waals surface area contributed by atoms with Gasteiger partial charge in [0.1, 0.15) is 5.82 Å². The van der Waals surface area contributed by atoms with Crippen LogP contribution < -0.4 is 0 Å². The van der Waals surface area contributed by atoms with Crippen LogP contribution in [0.2, 0.25) is 11.1 Å². The summed E-state index contributed by atoms with van der Waals surface area (Å²) < 4.78 is 12.9. The van der Waals surface area contributed by atoms with Crippen molar-refractivity contribution >= 4 is 21.8 Å². The van der Waals surface area contributed by atoms with E-state index in [1.54, 1.807) is 12.1 Å². The first-order valence-corrected chi connectivity index (χ1v) is 4.41. The van der Waals surface area contributed by atoms with Crippen LogP contribution in [0.25, 0.3) is 0 Å². The highest BCUT2D eigenvalue weighted by Gasteiger charge is 2.00. The Morgan fingerprint density at radius 2 is 2.18 bits per heavy atom. The summed E-state index contributed by atoms with van der Waals surface area (Å²) in [7, 11) is 3.28. The molecule has 0 nitrogen and oxygen atoms in total. The van der Waals surface area contributed by atoms with Crippen LogP contribution in [-0.4, -0.2) is 10.2 Å². The summed E-state index contributed by atoms with van der Waals surface area (Å²) in [6.07, 6.45) is 0.670. The summed E-state index contributed by atoms with van der Waals surface area (Å²) in [5.74, 6) is -0.187. The lowest BCUT2D eigenvalue weighted by molar-refractivity contribution is 0.612. The fraction of sp³-hybridized carbons (Fsp3) is 0.250. The van der Waals surface area contributed by atoms with Gasteiger partial charge in [0.2, 0.25) is 0 Å². The first-order valence-electron chi connectivity index (χ1n) is 3.32. The van der Waals surface area contributed by atoms with Crippen molar-refractivity contribution in [2.24, 2.45) is 0 Å². The molecule has 0 aliphatic rings. The fourth-order valence-electron chi connectivity index (χ4n) is 0.870. The quantitative estimate of drug-likeness (QED) is 0.622. The van der Waals surface area contributed by atoms with Gasteiger partial charge in [0.25, 0.3) is 0 Å². The van der Waals surface area contributed by atoms with Gasteiger partial charge in [0.15, 0.2) is 0 Å². The summed E-state index contributed by atoms with van der Waals surface area (Å²) in [5.41, 5.74) is 0.660. The van der Waals surface area contributed by atoms with E-state index < -0.39 is 0 Å². The predicted octanol–water partition coefficient (Wildman–Crippen LogP) is 2.61. The first kappa shape index (κ1) is 8.75. The van der Waals surface area contributed by atoms with E-state index in [0.29, 0.717) is 17.0 Å². The van der Waals surface area contributed by atoms with E-state index in [4.69, 9.17) is 11.6 Å². The number of aryl methyl sites for hydroxylation is 1. The van der Waals surface area contributed by atoms with Gasteiger partial charge in [0, 0.05) is 15.3 Å². The van der Waals surface area contributed by atoms with Crippen molar-refractivity contribution in [2.45, 2.75) is 12.5 Å². The van der Waals surface area contributed by atoms with E-state index in [1.807, 2.05) is 0 Å². The average molecular weight is 186 g/mol. The van der Waals surface area contributed by atoms with Crippen LogP contribution in [0.5, 0.6) is 0 Å². The van der Waals surface area contributed by atoms with Gasteiger partial charge in [-0.2, -0.15) is 0 Å². The highest BCUT2D eigenvalue weighted by Crippen LogP contribution is 2.15. The highest BCUT2D eigenvalue weighted by atomic mass is 35.5.